The van der Waals surface area contributed by atoms with Gasteiger partial charge in [0.1, 0.15) is 11.0 Å². The molecule has 19 heavy (non-hydrogen) atoms. The standard InChI is InChI=1S/C12H15ClN4OS/c1-3-14-6-7(2)12(18)15-10-8(13)4-5-9-11(10)17-19-16-9/h4-5,7,14H,3,6H2,1-2H3,(H,15,18). The Morgan fingerprint density at radius 2 is 2.26 bits per heavy atom. The van der Waals surface area contributed by atoms with E-state index < -0.39 is 0 Å². The highest BCUT2D eigenvalue weighted by molar-refractivity contribution is 7.00. The van der Waals surface area contributed by atoms with Gasteiger partial charge in [-0.05, 0) is 18.7 Å². The normalized spacial score (nSPS) is 12.6. The molecule has 1 aromatic carbocycles. The Morgan fingerprint density at radius 3 is 3.00 bits per heavy atom. The zero-order valence-corrected chi connectivity index (χ0v) is 12.3. The number of nitrogens with one attached hydrogen (secondary N) is 2. The van der Waals surface area contributed by atoms with Crippen LogP contribution in [0.2, 0.25) is 5.02 Å². The Bertz CT molecular complexity index is 586. The highest BCUT2D eigenvalue weighted by atomic mass is 35.5. The van der Waals surface area contributed by atoms with Gasteiger partial charge in [-0.25, -0.2) is 0 Å². The van der Waals surface area contributed by atoms with Crippen LogP contribution in [-0.2, 0) is 4.79 Å². The summed E-state index contributed by atoms with van der Waals surface area (Å²) in [5, 5.41) is 6.46. The maximum absolute atomic E-state index is 12.1. The molecule has 1 aromatic heterocycles. The minimum absolute atomic E-state index is 0.0802. The predicted octanol–water partition coefficient (Wildman–Crippen LogP) is 2.53. The van der Waals surface area contributed by atoms with E-state index in [-0.39, 0.29) is 11.8 Å². The number of amides is 1. The van der Waals surface area contributed by atoms with Gasteiger partial charge in [0.25, 0.3) is 0 Å². The summed E-state index contributed by atoms with van der Waals surface area (Å²) in [7, 11) is 0. The Hall–Kier alpha value is -1.24. The van der Waals surface area contributed by atoms with Gasteiger partial charge in [-0.1, -0.05) is 25.4 Å². The third kappa shape index (κ3) is 3.20. The van der Waals surface area contributed by atoms with Crippen molar-refractivity contribution in [2.45, 2.75) is 13.8 Å². The number of hydrogen-bond acceptors (Lipinski definition) is 5. The quantitative estimate of drug-likeness (QED) is 0.890. The molecule has 7 heteroatoms. The van der Waals surface area contributed by atoms with Gasteiger partial charge in [-0.3, -0.25) is 4.79 Å². The molecule has 2 aromatic rings. The molecule has 0 spiro atoms. The molecule has 5 nitrogen and oxygen atoms in total. The van der Waals surface area contributed by atoms with Gasteiger partial charge >= 0.3 is 0 Å². The molecule has 0 saturated carbocycles. The minimum Gasteiger partial charge on any atom is -0.323 e. The molecule has 0 bridgehead atoms. The summed E-state index contributed by atoms with van der Waals surface area (Å²) in [6.45, 7) is 5.34. The molecular weight excluding hydrogens is 284 g/mol. The van der Waals surface area contributed by atoms with Gasteiger partial charge in [0.05, 0.1) is 22.4 Å². The Morgan fingerprint density at radius 1 is 1.47 bits per heavy atom. The monoisotopic (exact) mass is 298 g/mol. The van der Waals surface area contributed by atoms with E-state index in [1.54, 1.807) is 12.1 Å². The van der Waals surface area contributed by atoms with Crippen LogP contribution in [0, 0.1) is 5.92 Å². The minimum atomic E-state index is -0.141. The highest BCUT2D eigenvalue weighted by Gasteiger charge is 2.17. The third-order valence-corrected chi connectivity index (χ3v) is 3.63. The number of aromatic nitrogens is 2. The lowest BCUT2D eigenvalue weighted by atomic mass is 10.1. The van der Waals surface area contributed by atoms with E-state index in [1.807, 2.05) is 13.8 Å². The van der Waals surface area contributed by atoms with Gasteiger partial charge in [0, 0.05) is 12.5 Å². The fourth-order valence-corrected chi connectivity index (χ4v) is 2.39. The molecule has 1 unspecified atom stereocenters. The number of anilines is 1. The van der Waals surface area contributed by atoms with E-state index in [4.69, 9.17) is 11.6 Å². The van der Waals surface area contributed by atoms with Gasteiger partial charge in [-0.15, -0.1) is 0 Å². The lowest BCUT2D eigenvalue weighted by Gasteiger charge is -2.13. The smallest absolute Gasteiger partial charge is 0.228 e. The molecule has 1 heterocycles. The molecule has 2 N–H and O–H groups in total. The molecule has 102 valence electrons. The second-order valence-electron chi connectivity index (χ2n) is 4.25. The first-order valence-corrected chi connectivity index (χ1v) is 7.16. The van der Waals surface area contributed by atoms with E-state index >= 15 is 0 Å². The van der Waals surface area contributed by atoms with Gasteiger partial charge in [-0.2, -0.15) is 8.75 Å². The van der Waals surface area contributed by atoms with Crippen molar-refractivity contribution in [2.75, 3.05) is 18.4 Å². The number of nitrogens with zero attached hydrogens (tertiary/aromatic N) is 2. The topological polar surface area (TPSA) is 66.9 Å². The van der Waals surface area contributed by atoms with Crippen LogP contribution in [0.4, 0.5) is 5.69 Å². The van der Waals surface area contributed by atoms with E-state index in [1.165, 1.54) is 0 Å². The number of halogens is 1. The molecule has 0 radical (unpaired) electrons. The van der Waals surface area contributed by atoms with Crippen molar-refractivity contribution in [1.82, 2.24) is 14.1 Å². The molecule has 1 amide bonds. The fourth-order valence-electron chi connectivity index (χ4n) is 1.65. The zero-order chi connectivity index (χ0) is 13.8. The number of hydrogen-bond donors (Lipinski definition) is 2. The van der Waals surface area contributed by atoms with Crippen molar-refractivity contribution < 1.29 is 4.79 Å². The Labute approximate surface area is 120 Å². The number of carbonyl (C=O) groups excluding carboxylic acids is 1. The molecule has 0 saturated heterocycles. The van der Waals surface area contributed by atoms with Gasteiger partial charge in [0.2, 0.25) is 5.91 Å². The van der Waals surface area contributed by atoms with Gasteiger partial charge < -0.3 is 10.6 Å². The first-order valence-electron chi connectivity index (χ1n) is 6.05. The van der Waals surface area contributed by atoms with Crippen LogP contribution < -0.4 is 10.6 Å². The van der Waals surface area contributed by atoms with Crippen LogP contribution in [0.1, 0.15) is 13.8 Å². The van der Waals surface area contributed by atoms with Crippen molar-refractivity contribution >= 4 is 46.0 Å². The van der Waals surface area contributed by atoms with E-state index in [9.17, 15) is 4.79 Å². The van der Waals surface area contributed by atoms with E-state index in [0.29, 0.717) is 22.8 Å². The number of benzene rings is 1. The van der Waals surface area contributed by atoms with Crippen LogP contribution in [0.15, 0.2) is 12.1 Å². The predicted molar refractivity (Wildman–Crippen MR) is 78.8 cm³/mol. The average Bonchev–Trinajstić information content (AvgIpc) is 2.87. The molecule has 0 aliphatic rings. The van der Waals surface area contributed by atoms with Crippen molar-refractivity contribution in [1.29, 1.82) is 0 Å². The second-order valence-corrected chi connectivity index (χ2v) is 5.19. The molecule has 0 aliphatic heterocycles. The van der Waals surface area contributed by atoms with Crippen LogP contribution >= 0.6 is 23.3 Å². The largest absolute Gasteiger partial charge is 0.323 e. The van der Waals surface area contributed by atoms with Crippen molar-refractivity contribution in [3.8, 4) is 0 Å². The van der Waals surface area contributed by atoms with Crippen LogP contribution in [0.3, 0.4) is 0 Å². The summed E-state index contributed by atoms with van der Waals surface area (Å²) in [5.41, 5.74) is 1.92. The van der Waals surface area contributed by atoms with Crippen LogP contribution in [0.5, 0.6) is 0 Å². The summed E-state index contributed by atoms with van der Waals surface area (Å²) >= 11 is 7.22. The number of fused-ring (bicyclic) bond motifs is 1. The summed E-state index contributed by atoms with van der Waals surface area (Å²) < 4.78 is 8.30. The average molecular weight is 299 g/mol. The summed E-state index contributed by atoms with van der Waals surface area (Å²) in [6.07, 6.45) is 0. The Kier molecular flexibility index (Phi) is 4.68. The molecule has 0 fully saturated rings. The van der Waals surface area contributed by atoms with E-state index in [0.717, 1.165) is 23.8 Å². The highest BCUT2D eigenvalue weighted by Crippen LogP contribution is 2.30. The summed E-state index contributed by atoms with van der Waals surface area (Å²) in [6, 6.07) is 3.51. The second kappa shape index (κ2) is 6.27. The number of rotatable bonds is 5. The van der Waals surface area contributed by atoms with E-state index in [2.05, 4.69) is 19.4 Å². The summed E-state index contributed by atoms with van der Waals surface area (Å²) in [4.78, 5) is 12.1. The molecule has 0 aliphatic carbocycles. The first kappa shape index (κ1) is 14.2. The molecule has 2 rings (SSSR count). The maximum atomic E-state index is 12.1. The van der Waals surface area contributed by atoms with Crippen molar-refractivity contribution in [3.63, 3.8) is 0 Å². The Balaban J connectivity index is 2.18. The molecular formula is C12H15ClN4OS. The SMILES string of the molecule is CCNCC(C)C(=O)Nc1c(Cl)ccc2nsnc12. The summed E-state index contributed by atoms with van der Waals surface area (Å²) in [5.74, 6) is -0.221. The molecule has 1 atom stereocenters. The van der Waals surface area contributed by atoms with Gasteiger partial charge in [0.15, 0.2) is 0 Å². The number of carbonyl (C=O) groups is 1. The van der Waals surface area contributed by atoms with Crippen molar-refractivity contribution in [3.05, 3.63) is 17.2 Å². The fraction of sp³-hybridized carbons (Fsp3) is 0.417. The lowest BCUT2D eigenvalue weighted by Crippen LogP contribution is -2.30. The third-order valence-electron chi connectivity index (χ3n) is 2.77. The van der Waals surface area contributed by atoms with Crippen LogP contribution in [-0.4, -0.2) is 27.7 Å². The maximum Gasteiger partial charge on any atom is 0.228 e. The van der Waals surface area contributed by atoms with Crippen molar-refractivity contribution in [2.24, 2.45) is 5.92 Å². The lowest BCUT2D eigenvalue weighted by molar-refractivity contribution is -0.119. The first-order chi connectivity index (χ1) is 9.13. The zero-order valence-electron chi connectivity index (χ0n) is 10.7. The van der Waals surface area contributed by atoms with Crippen LogP contribution in [0.25, 0.3) is 11.0 Å².